The van der Waals surface area contributed by atoms with Gasteiger partial charge in [-0.25, -0.2) is 14.8 Å². The molecule has 0 fully saturated rings. The maximum atomic E-state index is 11.7. The summed E-state index contributed by atoms with van der Waals surface area (Å²) in [5.74, 6) is 0.395. The summed E-state index contributed by atoms with van der Waals surface area (Å²) in [6.07, 6.45) is 6.37. The third-order valence-corrected chi connectivity index (χ3v) is 4.70. The van der Waals surface area contributed by atoms with Gasteiger partial charge in [0.1, 0.15) is 0 Å². The second kappa shape index (κ2) is 7.63. The number of nitrogens with zero attached hydrogens (tertiary/aromatic N) is 4. The molecule has 0 aliphatic carbocycles. The van der Waals surface area contributed by atoms with E-state index in [1.54, 1.807) is 18.5 Å². The first-order chi connectivity index (χ1) is 13.2. The molecular formula is C21H20N4O2. The van der Waals surface area contributed by atoms with Crippen molar-refractivity contribution in [3.63, 3.8) is 0 Å². The molecule has 0 saturated carbocycles. The number of benzene rings is 1. The van der Waals surface area contributed by atoms with Crippen molar-refractivity contribution in [3.05, 3.63) is 77.4 Å². The minimum atomic E-state index is -0.310. The van der Waals surface area contributed by atoms with Crippen LogP contribution in [0.2, 0.25) is 0 Å². The normalized spacial score (nSPS) is 13.8. The highest BCUT2D eigenvalue weighted by Gasteiger charge is 2.19. The predicted octanol–water partition coefficient (Wildman–Crippen LogP) is 2.88. The highest BCUT2D eigenvalue weighted by Crippen LogP contribution is 2.22. The van der Waals surface area contributed by atoms with Crippen LogP contribution in [0, 0.1) is 0 Å². The van der Waals surface area contributed by atoms with Crippen molar-refractivity contribution in [1.82, 2.24) is 19.9 Å². The van der Waals surface area contributed by atoms with Gasteiger partial charge in [-0.3, -0.25) is 9.88 Å². The Balaban J connectivity index is 1.52. The Morgan fingerprint density at radius 3 is 2.96 bits per heavy atom. The van der Waals surface area contributed by atoms with Crippen LogP contribution < -0.4 is 0 Å². The van der Waals surface area contributed by atoms with Gasteiger partial charge in [-0.05, 0) is 41.8 Å². The van der Waals surface area contributed by atoms with Crippen LogP contribution in [0.25, 0.3) is 11.4 Å². The number of hydrogen-bond acceptors (Lipinski definition) is 6. The van der Waals surface area contributed by atoms with Crippen LogP contribution in [0.1, 0.15) is 27.2 Å². The largest absolute Gasteiger partial charge is 0.465 e. The maximum absolute atomic E-state index is 11.7. The fourth-order valence-electron chi connectivity index (χ4n) is 3.30. The minimum Gasteiger partial charge on any atom is -0.465 e. The van der Waals surface area contributed by atoms with Crippen LogP contribution in [0.4, 0.5) is 0 Å². The van der Waals surface area contributed by atoms with Crippen LogP contribution in [0.3, 0.4) is 0 Å². The molecule has 27 heavy (non-hydrogen) atoms. The minimum absolute atomic E-state index is 0.310. The molecule has 0 N–H and O–H groups in total. The Morgan fingerprint density at radius 2 is 2.15 bits per heavy atom. The zero-order chi connectivity index (χ0) is 18.6. The van der Waals surface area contributed by atoms with E-state index in [2.05, 4.69) is 14.9 Å². The molecule has 1 aliphatic rings. The lowest BCUT2D eigenvalue weighted by Gasteiger charge is -2.28. The smallest absolute Gasteiger partial charge is 0.337 e. The first-order valence-electron chi connectivity index (χ1n) is 8.88. The lowest BCUT2D eigenvalue weighted by molar-refractivity contribution is 0.0600. The second-order valence-electron chi connectivity index (χ2n) is 6.56. The Bertz CT molecular complexity index is 959. The molecular weight excluding hydrogens is 340 g/mol. The number of carbonyl (C=O) groups is 1. The van der Waals surface area contributed by atoms with E-state index in [9.17, 15) is 4.79 Å². The van der Waals surface area contributed by atoms with Crippen LogP contribution in [-0.2, 0) is 24.2 Å². The molecule has 3 aromatic rings. The van der Waals surface area contributed by atoms with E-state index in [-0.39, 0.29) is 5.97 Å². The molecule has 1 aromatic carbocycles. The molecule has 2 aromatic heterocycles. The highest BCUT2D eigenvalue weighted by molar-refractivity contribution is 5.89. The van der Waals surface area contributed by atoms with Gasteiger partial charge in [0.2, 0.25) is 0 Å². The van der Waals surface area contributed by atoms with Crippen molar-refractivity contribution in [2.24, 2.45) is 0 Å². The number of aromatic nitrogens is 3. The molecule has 4 rings (SSSR count). The van der Waals surface area contributed by atoms with E-state index in [0.717, 1.165) is 42.9 Å². The van der Waals surface area contributed by atoms with Gasteiger partial charge < -0.3 is 4.74 Å². The number of hydrogen-bond donors (Lipinski definition) is 0. The number of methoxy groups -OCH3 is 1. The summed E-state index contributed by atoms with van der Waals surface area (Å²) in [6, 6.07) is 11.4. The quantitative estimate of drug-likeness (QED) is 0.667. The Kier molecular flexibility index (Phi) is 4.89. The van der Waals surface area contributed by atoms with E-state index in [0.29, 0.717) is 11.4 Å². The van der Waals surface area contributed by atoms with Crippen LogP contribution in [-0.4, -0.2) is 39.5 Å². The van der Waals surface area contributed by atoms with Crippen molar-refractivity contribution in [1.29, 1.82) is 0 Å². The van der Waals surface area contributed by atoms with Crippen LogP contribution >= 0.6 is 0 Å². The van der Waals surface area contributed by atoms with E-state index in [4.69, 9.17) is 9.72 Å². The van der Waals surface area contributed by atoms with Crippen LogP contribution in [0.5, 0.6) is 0 Å². The fourth-order valence-corrected chi connectivity index (χ4v) is 3.30. The maximum Gasteiger partial charge on any atom is 0.337 e. The summed E-state index contributed by atoms with van der Waals surface area (Å²) in [5, 5.41) is 0. The number of fused-ring (bicyclic) bond motifs is 1. The molecule has 3 heterocycles. The summed E-state index contributed by atoms with van der Waals surface area (Å²) in [5.41, 5.74) is 4.83. The average Bonchev–Trinajstić information content (AvgIpc) is 2.73. The second-order valence-corrected chi connectivity index (χ2v) is 6.56. The molecule has 6 heteroatoms. The van der Waals surface area contributed by atoms with Gasteiger partial charge in [-0.1, -0.05) is 12.1 Å². The first kappa shape index (κ1) is 17.3. The number of pyridine rings is 1. The zero-order valence-corrected chi connectivity index (χ0v) is 15.1. The monoisotopic (exact) mass is 360 g/mol. The van der Waals surface area contributed by atoms with Crippen molar-refractivity contribution in [2.75, 3.05) is 13.7 Å². The van der Waals surface area contributed by atoms with Crippen molar-refractivity contribution >= 4 is 5.97 Å². The number of esters is 1. The predicted molar refractivity (Wildman–Crippen MR) is 101 cm³/mol. The highest BCUT2D eigenvalue weighted by atomic mass is 16.5. The van der Waals surface area contributed by atoms with Gasteiger partial charge in [0.15, 0.2) is 5.82 Å². The first-order valence-corrected chi connectivity index (χ1v) is 8.88. The standard InChI is InChI=1S/C21H20N4O2/c1-27-21(26)16-5-2-4-15(10-16)13-25-9-7-17-12-23-20(24-19(17)14-25)18-6-3-8-22-11-18/h2-6,8,10-12H,7,9,13-14H2,1H3. The molecule has 0 radical (unpaired) electrons. The third-order valence-electron chi connectivity index (χ3n) is 4.70. The van der Waals surface area contributed by atoms with Gasteiger partial charge in [0, 0.05) is 43.8 Å². The van der Waals surface area contributed by atoms with E-state index >= 15 is 0 Å². The molecule has 0 bridgehead atoms. The van der Waals surface area contributed by atoms with E-state index < -0.39 is 0 Å². The third kappa shape index (κ3) is 3.85. The Hall–Kier alpha value is -3.12. The SMILES string of the molecule is COC(=O)c1cccc(CN2CCc3cnc(-c4cccnc4)nc3C2)c1. The van der Waals surface area contributed by atoms with Crippen molar-refractivity contribution in [2.45, 2.75) is 19.5 Å². The van der Waals surface area contributed by atoms with Crippen molar-refractivity contribution < 1.29 is 9.53 Å². The van der Waals surface area contributed by atoms with Gasteiger partial charge >= 0.3 is 5.97 Å². The fraction of sp³-hybridized carbons (Fsp3) is 0.238. The summed E-state index contributed by atoms with van der Waals surface area (Å²) >= 11 is 0. The number of carbonyl (C=O) groups excluding carboxylic acids is 1. The summed E-state index contributed by atoms with van der Waals surface area (Å²) in [4.78, 5) is 27.5. The molecule has 1 aliphatic heterocycles. The van der Waals surface area contributed by atoms with Crippen molar-refractivity contribution in [3.8, 4) is 11.4 Å². The van der Waals surface area contributed by atoms with E-state index in [1.807, 2.05) is 36.5 Å². The summed E-state index contributed by atoms with van der Waals surface area (Å²) in [7, 11) is 1.40. The molecule has 0 amide bonds. The number of ether oxygens (including phenoxy) is 1. The topological polar surface area (TPSA) is 68.2 Å². The average molecular weight is 360 g/mol. The van der Waals surface area contributed by atoms with E-state index in [1.165, 1.54) is 12.7 Å². The Labute approximate surface area is 157 Å². The van der Waals surface area contributed by atoms with Gasteiger partial charge in [-0.2, -0.15) is 0 Å². The molecule has 0 unspecified atom stereocenters. The lowest BCUT2D eigenvalue weighted by Crippen LogP contribution is -2.31. The summed E-state index contributed by atoms with van der Waals surface area (Å²) in [6.45, 7) is 2.45. The summed E-state index contributed by atoms with van der Waals surface area (Å²) < 4.78 is 4.81. The molecule has 136 valence electrons. The molecule has 6 nitrogen and oxygen atoms in total. The van der Waals surface area contributed by atoms with Gasteiger partial charge in [0.25, 0.3) is 0 Å². The molecule has 0 saturated heterocycles. The zero-order valence-electron chi connectivity index (χ0n) is 15.1. The van der Waals surface area contributed by atoms with Gasteiger partial charge in [0.05, 0.1) is 18.4 Å². The Morgan fingerprint density at radius 1 is 1.22 bits per heavy atom. The number of rotatable bonds is 4. The van der Waals surface area contributed by atoms with Gasteiger partial charge in [-0.15, -0.1) is 0 Å². The van der Waals surface area contributed by atoms with Crippen LogP contribution in [0.15, 0.2) is 55.0 Å². The lowest BCUT2D eigenvalue weighted by atomic mass is 10.0. The molecule has 0 atom stereocenters. The molecule has 0 spiro atoms.